The molecule has 0 spiro atoms. The Hall–Kier alpha value is -2.08. The molecular weight excluding hydrogens is 285 g/mol. The molecular formula is C16H22FN3O2. The van der Waals surface area contributed by atoms with Crippen molar-refractivity contribution in [1.29, 1.82) is 0 Å². The zero-order valence-electron chi connectivity index (χ0n) is 13.1. The molecule has 1 heterocycles. The Morgan fingerprint density at radius 2 is 2.00 bits per heavy atom. The number of nitrogens with one attached hydrogen (secondary N) is 1. The molecule has 2 aromatic rings. The monoisotopic (exact) mass is 307 g/mol. The molecule has 1 aromatic heterocycles. The van der Waals surface area contributed by atoms with Gasteiger partial charge in [-0.15, -0.1) is 0 Å². The fourth-order valence-corrected chi connectivity index (χ4v) is 2.00. The Morgan fingerprint density at radius 1 is 1.32 bits per heavy atom. The van der Waals surface area contributed by atoms with Crippen molar-refractivity contribution in [2.45, 2.75) is 25.9 Å². The third-order valence-corrected chi connectivity index (χ3v) is 3.34. The lowest BCUT2D eigenvalue weighted by Crippen LogP contribution is -2.33. The molecule has 0 aliphatic carbocycles. The molecule has 0 fully saturated rings. The second-order valence-corrected chi connectivity index (χ2v) is 5.64. The predicted molar refractivity (Wildman–Crippen MR) is 83.8 cm³/mol. The van der Waals surface area contributed by atoms with Crippen molar-refractivity contribution >= 4 is 5.82 Å². The van der Waals surface area contributed by atoms with Crippen molar-refractivity contribution in [2.75, 3.05) is 25.1 Å². The molecule has 0 saturated heterocycles. The van der Waals surface area contributed by atoms with Crippen LogP contribution in [-0.4, -0.2) is 41.6 Å². The summed E-state index contributed by atoms with van der Waals surface area (Å²) in [6.45, 7) is 4.70. The van der Waals surface area contributed by atoms with Crippen LogP contribution in [0.5, 0.6) is 5.75 Å². The van der Waals surface area contributed by atoms with Crippen molar-refractivity contribution in [1.82, 2.24) is 10.2 Å². The fourth-order valence-electron chi connectivity index (χ4n) is 2.00. The number of rotatable bonds is 7. The zero-order chi connectivity index (χ0) is 16.1. The average Bonchev–Trinajstić information content (AvgIpc) is 2.97. The first-order valence-corrected chi connectivity index (χ1v) is 7.28. The van der Waals surface area contributed by atoms with Crippen LogP contribution in [0.3, 0.4) is 0 Å². The maximum Gasteiger partial charge on any atom is 0.150 e. The Morgan fingerprint density at radius 3 is 2.59 bits per heavy atom. The Balaban J connectivity index is 1.82. The summed E-state index contributed by atoms with van der Waals surface area (Å²) in [5.74, 6) is 1.38. The highest BCUT2D eigenvalue weighted by Crippen LogP contribution is 2.17. The van der Waals surface area contributed by atoms with Gasteiger partial charge in [0.2, 0.25) is 0 Å². The molecule has 0 amide bonds. The van der Waals surface area contributed by atoms with E-state index in [1.54, 1.807) is 0 Å². The summed E-state index contributed by atoms with van der Waals surface area (Å²) >= 11 is 0. The van der Waals surface area contributed by atoms with Gasteiger partial charge < -0.3 is 14.7 Å². The van der Waals surface area contributed by atoms with Crippen molar-refractivity contribution in [3.63, 3.8) is 0 Å². The van der Waals surface area contributed by atoms with Crippen LogP contribution >= 0.6 is 0 Å². The summed E-state index contributed by atoms with van der Waals surface area (Å²) in [6.07, 6.45) is -0.672. The van der Waals surface area contributed by atoms with E-state index in [0.29, 0.717) is 18.2 Å². The van der Waals surface area contributed by atoms with E-state index in [-0.39, 0.29) is 12.4 Å². The first kappa shape index (κ1) is 16.3. The van der Waals surface area contributed by atoms with Gasteiger partial charge >= 0.3 is 0 Å². The standard InChI is InChI=1S/C16H22FN3O2/c1-11(2)15-8-16(19-18-15)20(3)9-13(21)10-22-14-6-4-12(17)5-7-14/h4-8,11,13,21H,9-10H2,1-3H3,(H,18,19). The van der Waals surface area contributed by atoms with Gasteiger partial charge in [0, 0.05) is 25.4 Å². The summed E-state index contributed by atoms with van der Waals surface area (Å²) < 4.78 is 18.2. The van der Waals surface area contributed by atoms with E-state index in [0.717, 1.165) is 11.5 Å². The molecule has 2 N–H and O–H groups in total. The van der Waals surface area contributed by atoms with Gasteiger partial charge in [-0.25, -0.2) is 4.39 Å². The molecule has 0 aliphatic heterocycles. The zero-order valence-corrected chi connectivity index (χ0v) is 13.1. The smallest absolute Gasteiger partial charge is 0.150 e. The normalized spacial score (nSPS) is 12.5. The highest BCUT2D eigenvalue weighted by Gasteiger charge is 2.13. The van der Waals surface area contributed by atoms with Crippen molar-refractivity contribution in [2.24, 2.45) is 0 Å². The number of H-pyrrole nitrogens is 1. The van der Waals surface area contributed by atoms with Gasteiger partial charge in [0.25, 0.3) is 0 Å². The number of anilines is 1. The second kappa shape index (κ2) is 7.26. The van der Waals surface area contributed by atoms with E-state index in [1.165, 1.54) is 24.3 Å². The SMILES string of the molecule is CC(C)c1cc(N(C)CC(O)COc2ccc(F)cc2)n[nH]1. The van der Waals surface area contributed by atoms with Crippen LogP contribution in [0.4, 0.5) is 10.2 Å². The van der Waals surface area contributed by atoms with E-state index < -0.39 is 6.10 Å². The van der Waals surface area contributed by atoms with E-state index >= 15 is 0 Å². The average molecular weight is 307 g/mol. The summed E-state index contributed by atoms with van der Waals surface area (Å²) in [5, 5.41) is 17.2. The number of hydrogen-bond acceptors (Lipinski definition) is 4. The molecule has 22 heavy (non-hydrogen) atoms. The first-order valence-electron chi connectivity index (χ1n) is 7.28. The van der Waals surface area contributed by atoms with E-state index in [1.807, 2.05) is 18.0 Å². The van der Waals surface area contributed by atoms with E-state index in [9.17, 15) is 9.50 Å². The maximum absolute atomic E-state index is 12.8. The molecule has 120 valence electrons. The van der Waals surface area contributed by atoms with Crippen LogP contribution in [0, 0.1) is 5.82 Å². The van der Waals surface area contributed by atoms with Gasteiger partial charge in [-0.2, -0.15) is 5.10 Å². The van der Waals surface area contributed by atoms with Gasteiger partial charge in [0.15, 0.2) is 0 Å². The predicted octanol–water partition coefficient (Wildman–Crippen LogP) is 2.55. The van der Waals surface area contributed by atoms with Crippen LogP contribution in [0.15, 0.2) is 30.3 Å². The van der Waals surface area contributed by atoms with Gasteiger partial charge in [0.05, 0.1) is 0 Å². The van der Waals surface area contributed by atoms with Gasteiger partial charge in [-0.1, -0.05) is 13.8 Å². The lowest BCUT2D eigenvalue weighted by atomic mass is 10.1. The minimum Gasteiger partial charge on any atom is -0.491 e. The van der Waals surface area contributed by atoms with Gasteiger partial charge in [-0.05, 0) is 30.2 Å². The fraction of sp³-hybridized carbons (Fsp3) is 0.438. The number of aliphatic hydroxyl groups is 1. The number of likely N-dealkylation sites (N-methyl/N-ethyl adjacent to an activating group) is 1. The number of aromatic amines is 1. The van der Waals surface area contributed by atoms with E-state index in [2.05, 4.69) is 24.0 Å². The summed E-state index contributed by atoms with van der Waals surface area (Å²) in [4.78, 5) is 1.86. The van der Waals surface area contributed by atoms with E-state index in [4.69, 9.17) is 4.74 Å². The molecule has 0 radical (unpaired) electrons. The lowest BCUT2D eigenvalue weighted by molar-refractivity contribution is 0.113. The van der Waals surface area contributed by atoms with Crippen LogP contribution in [0.1, 0.15) is 25.5 Å². The largest absolute Gasteiger partial charge is 0.491 e. The molecule has 1 aromatic carbocycles. The minimum atomic E-state index is -0.672. The summed E-state index contributed by atoms with van der Waals surface area (Å²) in [5.41, 5.74) is 1.05. The number of ether oxygens (including phenoxy) is 1. The highest BCUT2D eigenvalue weighted by atomic mass is 19.1. The quantitative estimate of drug-likeness (QED) is 0.825. The van der Waals surface area contributed by atoms with Gasteiger partial charge in [-0.3, -0.25) is 5.10 Å². The number of aliphatic hydroxyl groups excluding tert-OH is 1. The van der Waals surface area contributed by atoms with Crippen molar-refractivity contribution < 1.29 is 14.2 Å². The number of nitrogens with zero attached hydrogens (tertiary/aromatic N) is 2. The van der Waals surface area contributed by atoms with Crippen molar-refractivity contribution in [3.05, 3.63) is 41.8 Å². The summed E-state index contributed by atoms with van der Waals surface area (Å²) in [6, 6.07) is 7.69. The Bertz CT molecular complexity index is 583. The number of hydrogen-bond donors (Lipinski definition) is 2. The molecule has 2 rings (SSSR count). The Labute approximate surface area is 129 Å². The Kier molecular flexibility index (Phi) is 5.38. The molecule has 0 bridgehead atoms. The van der Waals surface area contributed by atoms with Gasteiger partial charge in [0.1, 0.15) is 30.1 Å². The van der Waals surface area contributed by atoms with Crippen LogP contribution in [-0.2, 0) is 0 Å². The van der Waals surface area contributed by atoms with Crippen LogP contribution in [0.2, 0.25) is 0 Å². The number of halogens is 1. The second-order valence-electron chi connectivity index (χ2n) is 5.64. The third-order valence-electron chi connectivity index (χ3n) is 3.34. The molecule has 1 unspecified atom stereocenters. The third kappa shape index (κ3) is 4.46. The minimum absolute atomic E-state index is 0.136. The molecule has 5 nitrogen and oxygen atoms in total. The molecule has 6 heteroatoms. The van der Waals surface area contributed by atoms with Crippen LogP contribution in [0.25, 0.3) is 0 Å². The number of benzene rings is 1. The maximum atomic E-state index is 12.8. The molecule has 1 atom stereocenters. The molecule has 0 saturated carbocycles. The topological polar surface area (TPSA) is 61.4 Å². The summed E-state index contributed by atoms with van der Waals surface area (Å²) in [7, 11) is 1.86. The van der Waals surface area contributed by atoms with Crippen molar-refractivity contribution in [3.8, 4) is 5.75 Å². The van der Waals surface area contributed by atoms with Crippen LogP contribution < -0.4 is 9.64 Å². The number of aromatic nitrogens is 2. The lowest BCUT2D eigenvalue weighted by Gasteiger charge is -2.20. The highest BCUT2D eigenvalue weighted by molar-refractivity contribution is 5.39. The molecule has 0 aliphatic rings. The first-order chi connectivity index (χ1) is 10.5.